The Labute approximate surface area is 152 Å². The van der Waals surface area contributed by atoms with Gasteiger partial charge < -0.3 is 15.4 Å². The van der Waals surface area contributed by atoms with Crippen LogP contribution in [0.1, 0.15) is 12.0 Å². The highest BCUT2D eigenvalue weighted by molar-refractivity contribution is 6.42. The van der Waals surface area contributed by atoms with Crippen LogP contribution in [0.5, 0.6) is 5.75 Å². The van der Waals surface area contributed by atoms with Gasteiger partial charge in [-0.25, -0.2) is 0 Å². The van der Waals surface area contributed by atoms with Gasteiger partial charge >= 0.3 is 0 Å². The molecule has 0 saturated heterocycles. The summed E-state index contributed by atoms with van der Waals surface area (Å²) in [6.07, 6.45) is 1.15. The standard InChI is InChI=1S/C18H20Cl2N2O2/c1-24-15-4-2-3-13(11-15)7-9-22-18(23)8-10-21-14-5-6-16(19)17(20)12-14/h2-6,11-12,21H,7-10H2,1H3,(H,22,23). The number of methoxy groups -OCH3 is 1. The van der Waals surface area contributed by atoms with E-state index in [2.05, 4.69) is 10.6 Å². The zero-order chi connectivity index (χ0) is 17.4. The number of hydrogen-bond acceptors (Lipinski definition) is 3. The predicted octanol–water partition coefficient (Wildman–Crippen LogP) is 4.16. The zero-order valence-electron chi connectivity index (χ0n) is 13.4. The summed E-state index contributed by atoms with van der Waals surface area (Å²) < 4.78 is 5.18. The Kier molecular flexibility index (Phi) is 7.22. The van der Waals surface area contributed by atoms with Crippen molar-refractivity contribution >= 4 is 34.8 Å². The molecular formula is C18H20Cl2N2O2. The number of benzene rings is 2. The highest BCUT2D eigenvalue weighted by atomic mass is 35.5. The maximum atomic E-state index is 11.8. The number of halogens is 2. The molecule has 0 bridgehead atoms. The minimum Gasteiger partial charge on any atom is -0.497 e. The van der Waals surface area contributed by atoms with E-state index in [1.807, 2.05) is 30.3 Å². The average Bonchev–Trinajstić information content (AvgIpc) is 2.58. The molecule has 0 unspecified atom stereocenters. The summed E-state index contributed by atoms with van der Waals surface area (Å²) in [5.74, 6) is 0.829. The maximum absolute atomic E-state index is 11.8. The zero-order valence-corrected chi connectivity index (χ0v) is 15.0. The van der Waals surface area contributed by atoms with E-state index in [9.17, 15) is 4.79 Å². The van der Waals surface area contributed by atoms with Gasteiger partial charge in [0.15, 0.2) is 0 Å². The second-order valence-electron chi connectivity index (χ2n) is 5.26. The van der Waals surface area contributed by atoms with E-state index in [-0.39, 0.29) is 5.91 Å². The predicted molar refractivity (Wildman–Crippen MR) is 99.3 cm³/mol. The number of ether oxygens (including phenoxy) is 1. The van der Waals surface area contributed by atoms with E-state index in [1.54, 1.807) is 19.2 Å². The van der Waals surface area contributed by atoms with Crippen molar-refractivity contribution in [3.8, 4) is 5.75 Å². The molecule has 1 amide bonds. The first-order chi connectivity index (χ1) is 11.6. The van der Waals surface area contributed by atoms with Gasteiger partial charge in [0.1, 0.15) is 5.75 Å². The van der Waals surface area contributed by atoms with Crippen LogP contribution in [0.2, 0.25) is 10.0 Å². The SMILES string of the molecule is COc1cccc(CCNC(=O)CCNc2ccc(Cl)c(Cl)c2)c1. The molecule has 0 heterocycles. The summed E-state index contributed by atoms with van der Waals surface area (Å²) in [4.78, 5) is 11.8. The van der Waals surface area contributed by atoms with Gasteiger partial charge in [0, 0.05) is 25.2 Å². The largest absolute Gasteiger partial charge is 0.497 e. The normalized spacial score (nSPS) is 10.3. The Morgan fingerprint density at radius 3 is 2.67 bits per heavy atom. The number of anilines is 1. The lowest BCUT2D eigenvalue weighted by atomic mass is 10.1. The quantitative estimate of drug-likeness (QED) is 0.737. The molecule has 24 heavy (non-hydrogen) atoms. The van der Waals surface area contributed by atoms with Gasteiger partial charge in [-0.15, -0.1) is 0 Å². The Morgan fingerprint density at radius 1 is 1.08 bits per heavy atom. The molecule has 0 saturated carbocycles. The molecule has 0 atom stereocenters. The molecule has 0 aliphatic heterocycles. The number of carbonyl (C=O) groups is 1. The third kappa shape index (κ3) is 5.95. The Balaban J connectivity index is 1.67. The number of amides is 1. The third-order valence-electron chi connectivity index (χ3n) is 3.47. The van der Waals surface area contributed by atoms with E-state index in [1.165, 1.54) is 0 Å². The van der Waals surface area contributed by atoms with Crippen molar-refractivity contribution in [2.75, 3.05) is 25.5 Å². The van der Waals surface area contributed by atoms with E-state index >= 15 is 0 Å². The molecule has 128 valence electrons. The molecule has 0 radical (unpaired) electrons. The fraction of sp³-hybridized carbons (Fsp3) is 0.278. The summed E-state index contributed by atoms with van der Waals surface area (Å²) in [7, 11) is 1.64. The van der Waals surface area contributed by atoms with Gasteiger partial charge in [0.25, 0.3) is 0 Å². The van der Waals surface area contributed by atoms with Gasteiger partial charge in [-0.3, -0.25) is 4.79 Å². The van der Waals surface area contributed by atoms with Crippen LogP contribution in [0.25, 0.3) is 0 Å². The Morgan fingerprint density at radius 2 is 1.92 bits per heavy atom. The molecule has 0 aliphatic rings. The molecule has 6 heteroatoms. The molecule has 0 aliphatic carbocycles. The molecule has 2 aromatic carbocycles. The Hall–Kier alpha value is -1.91. The average molecular weight is 367 g/mol. The van der Waals surface area contributed by atoms with Crippen molar-refractivity contribution in [1.29, 1.82) is 0 Å². The molecule has 0 fully saturated rings. The second kappa shape index (κ2) is 9.40. The number of nitrogens with one attached hydrogen (secondary N) is 2. The van der Waals surface area contributed by atoms with E-state index in [0.29, 0.717) is 29.6 Å². The maximum Gasteiger partial charge on any atom is 0.221 e. The van der Waals surface area contributed by atoms with Gasteiger partial charge in [-0.05, 0) is 42.3 Å². The first kappa shape index (κ1) is 18.4. The number of rotatable bonds is 8. The molecule has 0 aromatic heterocycles. The van der Waals surface area contributed by atoms with Crippen molar-refractivity contribution in [2.24, 2.45) is 0 Å². The number of carbonyl (C=O) groups excluding carboxylic acids is 1. The van der Waals surface area contributed by atoms with E-state index < -0.39 is 0 Å². The molecule has 2 rings (SSSR count). The lowest BCUT2D eigenvalue weighted by Gasteiger charge is -2.09. The minimum atomic E-state index is 0.00505. The summed E-state index contributed by atoms with van der Waals surface area (Å²) in [6.45, 7) is 1.13. The van der Waals surface area contributed by atoms with Crippen LogP contribution < -0.4 is 15.4 Å². The lowest BCUT2D eigenvalue weighted by Crippen LogP contribution is -2.27. The smallest absolute Gasteiger partial charge is 0.221 e. The van der Waals surface area contributed by atoms with Gasteiger partial charge in [-0.2, -0.15) is 0 Å². The fourth-order valence-electron chi connectivity index (χ4n) is 2.19. The molecule has 2 N–H and O–H groups in total. The monoisotopic (exact) mass is 366 g/mol. The van der Waals surface area contributed by atoms with Crippen LogP contribution in [0.15, 0.2) is 42.5 Å². The van der Waals surface area contributed by atoms with Crippen molar-refractivity contribution in [3.63, 3.8) is 0 Å². The van der Waals surface area contributed by atoms with Crippen LogP contribution in [0.3, 0.4) is 0 Å². The topological polar surface area (TPSA) is 50.4 Å². The van der Waals surface area contributed by atoms with Crippen molar-refractivity contribution in [3.05, 3.63) is 58.1 Å². The first-order valence-corrected chi connectivity index (χ1v) is 8.42. The minimum absolute atomic E-state index is 0.00505. The van der Waals surface area contributed by atoms with Gasteiger partial charge in [-0.1, -0.05) is 35.3 Å². The van der Waals surface area contributed by atoms with E-state index in [4.69, 9.17) is 27.9 Å². The summed E-state index contributed by atoms with van der Waals surface area (Å²) in [5, 5.41) is 7.06. The number of hydrogen-bond donors (Lipinski definition) is 2. The van der Waals surface area contributed by atoms with Crippen molar-refractivity contribution in [1.82, 2.24) is 5.32 Å². The fourth-order valence-corrected chi connectivity index (χ4v) is 2.49. The first-order valence-electron chi connectivity index (χ1n) is 7.67. The van der Waals surface area contributed by atoms with Crippen molar-refractivity contribution in [2.45, 2.75) is 12.8 Å². The molecule has 4 nitrogen and oxygen atoms in total. The summed E-state index contributed by atoms with van der Waals surface area (Å²) >= 11 is 11.8. The van der Waals surface area contributed by atoms with Crippen LogP contribution >= 0.6 is 23.2 Å². The van der Waals surface area contributed by atoms with Crippen molar-refractivity contribution < 1.29 is 9.53 Å². The van der Waals surface area contributed by atoms with Crippen LogP contribution in [-0.4, -0.2) is 26.1 Å². The van der Waals surface area contributed by atoms with Gasteiger partial charge in [0.2, 0.25) is 5.91 Å². The Bertz CT molecular complexity index is 692. The molecule has 0 spiro atoms. The van der Waals surface area contributed by atoms with Gasteiger partial charge in [0.05, 0.1) is 17.2 Å². The summed E-state index contributed by atoms with van der Waals surface area (Å²) in [6, 6.07) is 13.1. The van der Waals surface area contributed by atoms with E-state index in [0.717, 1.165) is 23.4 Å². The van der Waals surface area contributed by atoms with Crippen LogP contribution in [0.4, 0.5) is 5.69 Å². The highest BCUT2D eigenvalue weighted by Gasteiger charge is 2.03. The highest BCUT2D eigenvalue weighted by Crippen LogP contribution is 2.24. The van der Waals surface area contributed by atoms with Crippen LogP contribution in [-0.2, 0) is 11.2 Å². The second-order valence-corrected chi connectivity index (χ2v) is 6.07. The lowest BCUT2D eigenvalue weighted by molar-refractivity contribution is -0.120. The summed E-state index contributed by atoms with van der Waals surface area (Å²) in [5.41, 5.74) is 1.97. The third-order valence-corrected chi connectivity index (χ3v) is 4.21. The molecular weight excluding hydrogens is 347 g/mol. The van der Waals surface area contributed by atoms with Crippen LogP contribution in [0, 0.1) is 0 Å². The molecule has 2 aromatic rings.